The molecular formula is C12H15ClFNS. The molecule has 1 nitrogen and oxygen atoms in total. The molecule has 2 unspecified atom stereocenters. The van der Waals surface area contributed by atoms with E-state index < -0.39 is 0 Å². The fourth-order valence-corrected chi connectivity index (χ4v) is 3.95. The van der Waals surface area contributed by atoms with Gasteiger partial charge >= 0.3 is 0 Å². The summed E-state index contributed by atoms with van der Waals surface area (Å²) in [5.41, 5.74) is 1.72. The zero-order valence-electron chi connectivity index (χ0n) is 9.39. The Hall–Kier alpha value is -0.250. The summed E-state index contributed by atoms with van der Waals surface area (Å²) in [5, 5.41) is 4.31. The van der Waals surface area contributed by atoms with Gasteiger partial charge in [0, 0.05) is 27.6 Å². The Kier molecular flexibility index (Phi) is 3.77. The molecule has 0 aromatic heterocycles. The highest BCUT2D eigenvalue weighted by atomic mass is 35.5. The van der Waals surface area contributed by atoms with E-state index in [4.69, 9.17) is 11.6 Å². The minimum atomic E-state index is -0.141. The van der Waals surface area contributed by atoms with E-state index >= 15 is 0 Å². The first-order chi connectivity index (χ1) is 7.69. The molecule has 0 saturated carbocycles. The van der Waals surface area contributed by atoms with Gasteiger partial charge in [0.15, 0.2) is 0 Å². The second-order valence-electron chi connectivity index (χ2n) is 3.95. The maximum atomic E-state index is 13.9. The molecule has 0 saturated heterocycles. The van der Waals surface area contributed by atoms with E-state index in [1.165, 1.54) is 6.07 Å². The van der Waals surface area contributed by atoms with E-state index in [1.54, 1.807) is 6.07 Å². The second-order valence-corrected chi connectivity index (χ2v) is 5.58. The van der Waals surface area contributed by atoms with Gasteiger partial charge < -0.3 is 5.32 Å². The fraction of sp³-hybridized carbons (Fsp3) is 0.500. The minimum Gasteiger partial charge on any atom is -0.312 e. The van der Waals surface area contributed by atoms with Crippen molar-refractivity contribution >= 4 is 23.4 Å². The Morgan fingerprint density at radius 1 is 1.56 bits per heavy atom. The summed E-state index contributed by atoms with van der Waals surface area (Å²) in [6.07, 6.45) is 1.03. The molecule has 0 spiro atoms. The van der Waals surface area contributed by atoms with Gasteiger partial charge in [-0.1, -0.05) is 18.5 Å². The second kappa shape index (κ2) is 4.94. The van der Waals surface area contributed by atoms with E-state index in [-0.39, 0.29) is 11.9 Å². The van der Waals surface area contributed by atoms with Gasteiger partial charge in [-0.2, -0.15) is 11.8 Å². The number of benzene rings is 1. The Balaban J connectivity index is 2.51. The quantitative estimate of drug-likeness (QED) is 0.868. The summed E-state index contributed by atoms with van der Waals surface area (Å²) in [4.78, 5) is 0. The van der Waals surface area contributed by atoms with Crippen LogP contribution in [0.2, 0.25) is 5.02 Å². The van der Waals surface area contributed by atoms with Gasteiger partial charge in [0.1, 0.15) is 5.82 Å². The van der Waals surface area contributed by atoms with Crippen LogP contribution in [0.15, 0.2) is 12.1 Å². The number of halogens is 2. The van der Waals surface area contributed by atoms with Crippen LogP contribution in [-0.2, 0) is 5.75 Å². The first kappa shape index (κ1) is 12.2. The molecule has 2 atom stereocenters. The van der Waals surface area contributed by atoms with E-state index in [0.717, 1.165) is 23.3 Å². The molecule has 0 radical (unpaired) electrons. The first-order valence-corrected chi connectivity index (χ1v) is 6.87. The van der Waals surface area contributed by atoms with Crippen molar-refractivity contribution in [2.24, 2.45) is 0 Å². The Morgan fingerprint density at radius 3 is 2.94 bits per heavy atom. The van der Waals surface area contributed by atoms with Crippen molar-refractivity contribution in [3.05, 3.63) is 34.1 Å². The van der Waals surface area contributed by atoms with Crippen molar-refractivity contribution < 1.29 is 4.39 Å². The standard InChI is InChI=1S/C12H15ClFNS/c1-3-10-12(15-2)11-7(6-16-10)8(13)4-5-9(11)14/h4-5,10,12,15H,3,6H2,1-2H3. The highest BCUT2D eigenvalue weighted by Gasteiger charge is 2.31. The maximum Gasteiger partial charge on any atom is 0.128 e. The molecule has 88 valence electrons. The Labute approximate surface area is 105 Å². The fourth-order valence-electron chi connectivity index (χ4n) is 2.25. The lowest BCUT2D eigenvalue weighted by Gasteiger charge is -2.33. The van der Waals surface area contributed by atoms with Crippen LogP contribution in [0.4, 0.5) is 4.39 Å². The van der Waals surface area contributed by atoms with Gasteiger partial charge in [-0.15, -0.1) is 0 Å². The zero-order valence-corrected chi connectivity index (χ0v) is 11.0. The SMILES string of the molecule is CCC1SCc2c(Cl)ccc(F)c2C1NC. The average Bonchev–Trinajstić information content (AvgIpc) is 2.32. The largest absolute Gasteiger partial charge is 0.312 e. The average molecular weight is 260 g/mol. The van der Waals surface area contributed by atoms with Crippen LogP contribution in [-0.4, -0.2) is 12.3 Å². The Morgan fingerprint density at radius 2 is 2.31 bits per heavy atom. The monoisotopic (exact) mass is 259 g/mol. The van der Waals surface area contributed by atoms with Crippen LogP contribution >= 0.6 is 23.4 Å². The van der Waals surface area contributed by atoms with Crippen molar-refractivity contribution in [3.8, 4) is 0 Å². The lowest BCUT2D eigenvalue weighted by molar-refractivity contribution is 0.505. The normalized spacial score (nSPS) is 24.2. The molecule has 1 aromatic carbocycles. The van der Waals surface area contributed by atoms with Gasteiger partial charge in [-0.3, -0.25) is 0 Å². The van der Waals surface area contributed by atoms with E-state index in [2.05, 4.69) is 12.2 Å². The number of hydrogen-bond acceptors (Lipinski definition) is 2. The molecule has 0 amide bonds. The molecule has 1 aromatic rings. The predicted molar refractivity (Wildman–Crippen MR) is 68.6 cm³/mol. The third-order valence-electron chi connectivity index (χ3n) is 3.08. The molecule has 4 heteroatoms. The zero-order chi connectivity index (χ0) is 11.7. The summed E-state index contributed by atoms with van der Waals surface area (Å²) in [6.45, 7) is 2.13. The minimum absolute atomic E-state index is 0.0671. The van der Waals surface area contributed by atoms with Crippen LogP contribution in [0.3, 0.4) is 0 Å². The molecule has 1 heterocycles. The summed E-state index contributed by atoms with van der Waals surface area (Å²) in [7, 11) is 1.88. The number of rotatable bonds is 2. The number of hydrogen-bond donors (Lipinski definition) is 1. The number of thioether (sulfide) groups is 1. The first-order valence-electron chi connectivity index (χ1n) is 5.44. The Bertz CT molecular complexity index is 397. The van der Waals surface area contributed by atoms with Crippen molar-refractivity contribution in [2.75, 3.05) is 7.05 Å². The third-order valence-corrected chi connectivity index (χ3v) is 4.93. The molecule has 0 bridgehead atoms. The topological polar surface area (TPSA) is 12.0 Å². The highest BCUT2D eigenvalue weighted by molar-refractivity contribution is 7.99. The van der Waals surface area contributed by atoms with Gasteiger partial charge in [0.2, 0.25) is 0 Å². The van der Waals surface area contributed by atoms with Crippen molar-refractivity contribution in [1.82, 2.24) is 5.32 Å². The smallest absolute Gasteiger partial charge is 0.128 e. The van der Waals surface area contributed by atoms with Crippen molar-refractivity contribution in [2.45, 2.75) is 30.4 Å². The molecule has 16 heavy (non-hydrogen) atoms. The summed E-state index contributed by atoms with van der Waals surface area (Å²) in [5.74, 6) is 0.667. The summed E-state index contributed by atoms with van der Waals surface area (Å²) in [6, 6.07) is 3.18. The number of nitrogens with one attached hydrogen (secondary N) is 1. The molecule has 1 N–H and O–H groups in total. The van der Waals surface area contributed by atoms with Crippen molar-refractivity contribution in [1.29, 1.82) is 0 Å². The van der Waals surface area contributed by atoms with Crippen molar-refractivity contribution in [3.63, 3.8) is 0 Å². The molecule has 2 rings (SSSR count). The summed E-state index contributed by atoms with van der Waals surface area (Å²) >= 11 is 7.97. The van der Waals surface area contributed by atoms with Gasteiger partial charge in [-0.25, -0.2) is 4.39 Å². The molecule has 0 fully saturated rings. The molecular weight excluding hydrogens is 245 g/mol. The lowest BCUT2D eigenvalue weighted by Crippen LogP contribution is -2.31. The maximum absolute atomic E-state index is 13.9. The van der Waals surface area contributed by atoms with Crippen LogP contribution in [0.1, 0.15) is 30.5 Å². The van der Waals surface area contributed by atoms with Crippen LogP contribution in [0, 0.1) is 5.82 Å². The molecule has 0 aliphatic carbocycles. The predicted octanol–water partition coefficient (Wildman–Crippen LogP) is 3.77. The van der Waals surface area contributed by atoms with Gasteiger partial charge in [-0.05, 0) is 31.2 Å². The highest BCUT2D eigenvalue weighted by Crippen LogP contribution is 2.42. The third kappa shape index (κ3) is 1.96. The molecule has 1 aliphatic rings. The molecule has 1 aliphatic heterocycles. The van der Waals surface area contributed by atoms with E-state index in [0.29, 0.717) is 10.3 Å². The lowest BCUT2D eigenvalue weighted by atomic mass is 9.96. The summed E-state index contributed by atoms with van der Waals surface area (Å²) < 4.78 is 13.9. The van der Waals surface area contributed by atoms with Crippen LogP contribution < -0.4 is 5.32 Å². The van der Waals surface area contributed by atoms with Crippen LogP contribution in [0.25, 0.3) is 0 Å². The van der Waals surface area contributed by atoms with Gasteiger partial charge in [0.25, 0.3) is 0 Å². The number of fused-ring (bicyclic) bond motifs is 1. The van der Waals surface area contributed by atoms with E-state index in [9.17, 15) is 4.39 Å². The van der Waals surface area contributed by atoms with Gasteiger partial charge in [0.05, 0.1) is 0 Å². The van der Waals surface area contributed by atoms with Crippen LogP contribution in [0.5, 0.6) is 0 Å². The van der Waals surface area contributed by atoms with E-state index in [1.807, 2.05) is 18.8 Å².